The lowest BCUT2D eigenvalue weighted by Crippen LogP contribution is -2.30. The smallest absolute Gasteiger partial charge is 0.277 e. The van der Waals surface area contributed by atoms with Crippen molar-refractivity contribution >= 4 is 55.6 Å². The molecule has 166 valence electrons. The molecule has 1 aromatic heterocycles. The van der Waals surface area contributed by atoms with Crippen LogP contribution in [0.15, 0.2) is 60.7 Å². The molecule has 11 heteroatoms. The monoisotopic (exact) mass is 482 g/mol. The first kappa shape index (κ1) is 22.3. The number of nitrogens with zero attached hydrogens (tertiary/aromatic N) is 4. The molecule has 0 aliphatic rings. The number of aromatic nitrogens is 1. The molecule has 0 unspecified atom stereocenters. The molecule has 0 saturated heterocycles. The third kappa shape index (κ3) is 4.52. The van der Waals surface area contributed by atoms with Gasteiger partial charge in [-0.05, 0) is 24.1 Å². The average Bonchev–Trinajstić information content (AvgIpc) is 3.26. The molecule has 1 heterocycles. The number of halogens is 1. The Balaban J connectivity index is 1.86. The van der Waals surface area contributed by atoms with Crippen LogP contribution in [-0.4, -0.2) is 20.7 Å². The largest absolute Gasteiger partial charge is 0.279 e. The molecule has 33 heavy (non-hydrogen) atoms. The molecular formula is C22H15ClN4O5S. The zero-order chi connectivity index (χ0) is 23.7. The fraction of sp³-hybridized carbons (Fsp3) is 0.0909. The second kappa shape index (κ2) is 8.93. The van der Waals surface area contributed by atoms with Gasteiger partial charge < -0.3 is 0 Å². The lowest BCUT2D eigenvalue weighted by atomic mass is 10.1. The van der Waals surface area contributed by atoms with Crippen LogP contribution in [0.25, 0.3) is 10.2 Å². The van der Waals surface area contributed by atoms with Crippen LogP contribution in [-0.2, 0) is 6.54 Å². The van der Waals surface area contributed by atoms with E-state index in [1.165, 1.54) is 16.2 Å². The fourth-order valence-corrected chi connectivity index (χ4v) is 4.60. The number of non-ortho nitro benzene ring substituents is 2. The van der Waals surface area contributed by atoms with Crippen LogP contribution >= 0.6 is 22.9 Å². The van der Waals surface area contributed by atoms with Crippen molar-refractivity contribution in [2.24, 2.45) is 0 Å². The van der Waals surface area contributed by atoms with Crippen molar-refractivity contribution in [2.75, 3.05) is 4.90 Å². The molecule has 3 aromatic carbocycles. The summed E-state index contributed by atoms with van der Waals surface area (Å²) in [7, 11) is 0. The van der Waals surface area contributed by atoms with E-state index < -0.39 is 27.1 Å². The van der Waals surface area contributed by atoms with Crippen LogP contribution in [0.3, 0.4) is 0 Å². The van der Waals surface area contributed by atoms with Crippen molar-refractivity contribution in [1.82, 2.24) is 4.98 Å². The number of hydrogen-bond donors (Lipinski definition) is 0. The third-order valence-corrected chi connectivity index (χ3v) is 6.46. The van der Waals surface area contributed by atoms with Crippen LogP contribution < -0.4 is 4.90 Å². The van der Waals surface area contributed by atoms with E-state index >= 15 is 0 Å². The van der Waals surface area contributed by atoms with Crippen molar-refractivity contribution in [3.63, 3.8) is 0 Å². The highest BCUT2D eigenvalue weighted by Crippen LogP contribution is 2.37. The minimum Gasteiger partial charge on any atom is -0.279 e. The van der Waals surface area contributed by atoms with Crippen molar-refractivity contribution in [3.05, 3.63) is 103 Å². The molecule has 0 radical (unpaired) electrons. The van der Waals surface area contributed by atoms with E-state index in [2.05, 4.69) is 4.98 Å². The third-order valence-electron chi connectivity index (χ3n) is 4.92. The van der Waals surface area contributed by atoms with Crippen molar-refractivity contribution < 1.29 is 14.6 Å². The maximum absolute atomic E-state index is 13.6. The van der Waals surface area contributed by atoms with Crippen LogP contribution in [0.2, 0.25) is 5.02 Å². The Hall–Kier alpha value is -3.89. The topological polar surface area (TPSA) is 119 Å². The Kier molecular flexibility index (Phi) is 6.03. The first-order chi connectivity index (χ1) is 15.7. The summed E-state index contributed by atoms with van der Waals surface area (Å²) >= 11 is 7.54. The number of thiazole rings is 1. The highest BCUT2D eigenvalue weighted by Gasteiger charge is 2.27. The number of aryl methyl sites for hydroxylation is 1. The number of nitro groups is 2. The average molecular weight is 483 g/mol. The van der Waals surface area contributed by atoms with Crippen LogP contribution in [0, 0.1) is 27.2 Å². The molecule has 4 rings (SSSR count). The standard InChI is InChI=1S/C22H15ClN4O5S/c1-13-7-8-18(23)20-19(13)24-22(33-20)25(12-14-5-3-2-4-6-14)21(28)15-9-16(26(29)30)11-17(10-15)27(31)32/h2-11H,12H2,1H3. The number of nitro benzene ring substituents is 2. The van der Waals surface area contributed by atoms with Gasteiger partial charge in [0.15, 0.2) is 5.13 Å². The van der Waals surface area contributed by atoms with E-state index in [-0.39, 0.29) is 12.1 Å². The van der Waals surface area contributed by atoms with Crippen LogP contribution in [0.4, 0.5) is 16.5 Å². The summed E-state index contributed by atoms with van der Waals surface area (Å²) < 4.78 is 0.697. The summed E-state index contributed by atoms with van der Waals surface area (Å²) in [4.78, 5) is 40.6. The SMILES string of the molecule is Cc1ccc(Cl)c2sc(N(Cc3ccccc3)C(=O)c3cc([N+](=O)[O-])cc([N+](=O)[O-])c3)nc12. The van der Waals surface area contributed by atoms with Gasteiger partial charge >= 0.3 is 0 Å². The quantitative estimate of drug-likeness (QED) is 0.248. The van der Waals surface area contributed by atoms with Gasteiger partial charge in [-0.1, -0.05) is 59.3 Å². The molecule has 0 aliphatic heterocycles. The Morgan fingerprint density at radius 2 is 1.67 bits per heavy atom. The highest BCUT2D eigenvalue weighted by molar-refractivity contribution is 7.23. The number of carbonyl (C=O) groups is 1. The van der Waals surface area contributed by atoms with Gasteiger partial charge in [0, 0.05) is 12.1 Å². The first-order valence-electron chi connectivity index (χ1n) is 9.60. The van der Waals surface area contributed by atoms with E-state index in [1.807, 2.05) is 43.3 Å². The van der Waals surface area contributed by atoms with Crippen LogP contribution in [0.5, 0.6) is 0 Å². The number of rotatable bonds is 6. The zero-order valence-corrected chi connectivity index (χ0v) is 18.7. The molecule has 0 N–H and O–H groups in total. The first-order valence-corrected chi connectivity index (χ1v) is 10.8. The predicted molar refractivity (Wildman–Crippen MR) is 126 cm³/mol. The fourth-order valence-electron chi connectivity index (χ4n) is 3.28. The number of hydrogen-bond acceptors (Lipinski definition) is 7. The second-order valence-corrected chi connectivity index (χ2v) is 8.55. The minimum atomic E-state index is -0.772. The Morgan fingerprint density at radius 1 is 1.03 bits per heavy atom. The molecular weight excluding hydrogens is 468 g/mol. The summed E-state index contributed by atoms with van der Waals surface area (Å²) in [6.45, 7) is 1.97. The number of amides is 1. The number of carbonyl (C=O) groups excluding carboxylic acids is 1. The summed E-state index contributed by atoms with van der Waals surface area (Å²) in [5, 5.41) is 23.4. The molecule has 4 aromatic rings. The molecule has 9 nitrogen and oxygen atoms in total. The second-order valence-electron chi connectivity index (χ2n) is 7.17. The Morgan fingerprint density at radius 3 is 2.24 bits per heavy atom. The molecule has 0 fully saturated rings. The highest BCUT2D eigenvalue weighted by atomic mass is 35.5. The van der Waals surface area contributed by atoms with Crippen molar-refractivity contribution in [3.8, 4) is 0 Å². The molecule has 0 saturated carbocycles. The number of fused-ring (bicyclic) bond motifs is 1. The Bertz CT molecular complexity index is 1340. The summed E-state index contributed by atoms with van der Waals surface area (Å²) in [6.07, 6.45) is 0. The molecule has 1 amide bonds. The maximum atomic E-state index is 13.6. The van der Waals surface area contributed by atoms with E-state index in [0.29, 0.717) is 20.4 Å². The van der Waals surface area contributed by atoms with Crippen LogP contribution in [0.1, 0.15) is 21.5 Å². The summed E-state index contributed by atoms with van der Waals surface area (Å²) in [5.74, 6) is -0.654. The van der Waals surface area contributed by atoms with Crippen molar-refractivity contribution in [1.29, 1.82) is 0 Å². The van der Waals surface area contributed by atoms with Gasteiger partial charge in [-0.3, -0.25) is 29.9 Å². The minimum absolute atomic E-state index is 0.104. The van der Waals surface area contributed by atoms with Gasteiger partial charge in [0.2, 0.25) is 0 Å². The van der Waals surface area contributed by atoms with E-state index in [1.54, 1.807) is 6.07 Å². The summed E-state index contributed by atoms with van der Waals surface area (Å²) in [5.41, 5.74) is 1.01. The van der Waals surface area contributed by atoms with E-state index in [9.17, 15) is 25.0 Å². The van der Waals surface area contributed by atoms with Gasteiger partial charge in [-0.25, -0.2) is 4.98 Å². The predicted octanol–water partition coefficient (Wildman–Crippen LogP) is 5.92. The van der Waals surface area contributed by atoms with E-state index in [0.717, 1.165) is 29.3 Å². The molecule has 0 bridgehead atoms. The molecule has 0 spiro atoms. The molecule has 0 aliphatic carbocycles. The van der Waals surface area contributed by atoms with Gasteiger partial charge in [-0.2, -0.15) is 0 Å². The zero-order valence-electron chi connectivity index (χ0n) is 17.1. The van der Waals surface area contributed by atoms with Gasteiger partial charge in [-0.15, -0.1) is 0 Å². The number of benzene rings is 3. The Labute approximate surface area is 196 Å². The lowest BCUT2D eigenvalue weighted by molar-refractivity contribution is -0.394. The van der Waals surface area contributed by atoms with Gasteiger partial charge in [0.05, 0.1) is 43.3 Å². The molecule has 0 atom stereocenters. The number of anilines is 1. The maximum Gasteiger partial charge on any atom is 0.277 e. The van der Waals surface area contributed by atoms with E-state index in [4.69, 9.17) is 11.6 Å². The lowest BCUT2D eigenvalue weighted by Gasteiger charge is -2.20. The normalized spacial score (nSPS) is 10.8. The van der Waals surface area contributed by atoms with Gasteiger partial charge in [0.25, 0.3) is 17.3 Å². The van der Waals surface area contributed by atoms with Crippen molar-refractivity contribution in [2.45, 2.75) is 13.5 Å². The summed E-state index contributed by atoms with van der Waals surface area (Å²) in [6, 6.07) is 15.5. The van der Waals surface area contributed by atoms with Gasteiger partial charge in [0.1, 0.15) is 0 Å².